The molecule has 0 atom stereocenters. The summed E-state index contributed by atoms with van der Waals surface area (Å²) >= 11 is 6.00. The Bertz CT molecular complexity index is 384. The van der Waals surface area contributed by atoms with Gasteiger partial charge in [-0.1, -0.05) is 30.9 Å². The van der Waals surface area contributed by atoms with E-state index in [1.54, 1.807) is 7.11 Å². The largest absolute Gasteiger partial charge is 0.496 e. The van der Waals surface area contributed by atoms with Gasteiger partial charge in [0, 0.05) is 11.4 Å². The van der Waals surface area contributed by atoms with Gasteiger partial charge in [0.05, 0.1) is 12.7 Å². The molecule has 1 aliphatic carbocycles. The Hall–Kier alpha value is -0.730. The lowest BCUT2D eigenvalue weighted by Gasteiger charge is -2.32. The SMILES string of the molecule is COc1ccc(Cl)cc1CC1(O)CCCCC1. The topological polar surface area (TPSA) is 29.5 Å². The van der Waals surface area contributed by atoms with Crippen LogP contribution in [0.1, 0.15) is 37.7 Å². The molecule has 3 heteroatoms. The summed E-state index contributed by atoms with van der Waals surface area (Å²) in [5.74, 6) is 0.813. The monoisotopic (exact) mass is 254 g/mol. The number of ether oxygens (including phenoxy) is 1. The van der Waals surface area contributed by atoms with Crippen LogP contribution in [0.25, 0.3) is 0 Å². The molecule has 2 rings (SSSR count). The average molecular weight is 255 g/mol. The Morgan fingerprint density at radius 3 is 2.65 bits per heavy atom. The van der Waals surface area contributed by atoms with E-state index in [2.05, 4.69) is 0 Å². The molecule has 2 nitrogen and oxygen atoms in total. The van der Waals surface area contributed by atoms with Crippen molar-refractivity contribution >= 4 is 11.6 Å². The highest BCUT2D eigenvalue weighted by Gasteiger charge is 2.30. The molecule has 0 radical (unpaired) electrons. The second-order valence-electron chi connectivity index (χ2n) is 4.92. The second-order valence-corrected chi connectivity index (χ2v) is 5.35. The Morgan fingerprint density at radius 1 is 1.29 bits per heavy atom. The lowest BCUT2D eigenvalue weighted by molar-refractivity contribution is 0.00405. The first-order chi connectivity index (χ1) is 8.13. The van der Waals surface area contributed by atoms with Crippen molar-refractivity contribution in [2.24, 2.45) is 0 Å². The molecular formula is C14H19ClO2. The van der Waals surface area contributed by atoms with Crippen LogP contribution in [0.3, 0.4) is 0 Å². The molecule has 1 aliphatic rings. The fourth-order valence-corrected chi connectivity index (χ4v) is 2.82. The fourth-order valence-electron chi connectivity index (χ4n) is 2.63. The first-order valence-corrected chi connectivity index (χ1v) is 6.56. The van der Waals surface area contributed by atoms with Crippen molar-refractivity contribution in [2.45, 2.75) is 44.1 Å². The minimum atomic E-state index is -0.573. The van der Waals surface area contributed by atoms with E-state index in [-0.39, 0.29) is 0 Å². The molecular weight excluding hydrogens is 236 g/mol. The summed E-state index contributed by atoms with van der Waals surface area (Å²) in [4.78, 5) is 0. The van der Waals surface area contributed by atoms with Crippen molar-refractivity contribution in [3.63, 3.8) is 0 Å². The summed E-state index contributed by atoms with van der Waals surface area (Å²) in [5.41, 5.74) is 0.431. The van der Waals surface area contributed by atoms with E-state index in [9.17, 15) is 5.11 Å². The molecule has 1 N–H and O–H groups in total. The number of halogens is 1. The van der Waals surface area contributed by atoms with E-state index in [0.29, 0.717) is 11.4 Å². The van der Waals surface area contributed by atoms with E-state index < -0.39 is 5.60 Å². The van der Waals surface area contributed by atoms with Crippen LogP contribution in [-0.2, 0) is 6.42 Å². The van der Waals surface area contributed by atoms with E-state index in [1.165, 1.54) is 6.42 Å². The summed E-state index contributed by atoms with van der Waals surface area (Å²) in [6.07, 6.45) is 5.84. The van der Waals surface area contributed by atoms with E-state index in [4.69, 9.17) is 16.3 Å². The summed E-state index contributed by atoms with van der Waals surface area (Å²) in [6.45, 7) is 0. The fraction of sp³-hybridized carbons (Fsp3) is 0.571. The molecule has 0 unspecified atom stereocenters. The van der Waals surface area contributed by atoms with Gasteiger partial charge in [0.1, 0.15) is 5.75 Å². The maximum Gasteiger partial charge on any atom is 0.122 e. The van der Waals surface area contributed by atoms with Gasteiger partial charge >= 0.3 is 0 Å². The number of hydrogen-bond donors (Lipinski definition) is 1. The van der Waals surface area contributed by atoms with Crippen LogP contribution in [0.4, 0.5) is 0 Å². The van der Waals surface area contributed by atoms with Gasteiger partial charge in [-0.3, -0.25) is 0 Å². The zero-order valence-electron chi connectivity index (χ0n) is 10.2. The third kappa shape index (κ3) is 3.14. The van der Waals surface area contributed by atoms with E-state index in [0.717, 1.165) is 37.0 Å². The van der Waals surface area contributed by atoms with Gasteiger partial charge in [-0.05, 0) is 36.6 Å². The maximum absolute atomic E-state index is 10.5. The summed E-state index contributed by atoms with van der Waals surface area (Å²) in [6, 6.07) is 5.58. The number of hydrogen-bond acceptors (Lipinski definition) is 2. The second kappa shape index (κ2) is 5.28. The molecule has 0 aliphatic heterocycles. The molecule has 1 saturated carbocycles. The van der Waals surface area contributed by atoms with Gasteiger partial charge in [0.15, 0.2) is 0 Å². The number of methoxy groups -OCH3 is 1. The van der Waals surface area contributed by atoms with Gasteiger partial charge in [0.2, 0.25) is 0 Å². The van der Waals surface area contributed by atoms with Crippen molar-refractivity contribution in [2.75, 3.05) is 7.11 Å². The van der Waals surface area contributed by atoms with Crippen LogP contribution in [-0.4, -0.2) is 17.8 Å². The highest BCUT2D eigenvalue weighted by Crippen LogP contribution is 2.34. The van der Waals surface area contributed by atoms with E-state index >= 15 is 0 Å². The molecule has 0 bridgehead atoms. The number of rotatable bonds is 3. The summed E-state index contributed by atoms with van der Waals surface area (Å²) < 4.78 is 5.32. The van der Waals surface area contributed by atoms with Crippen molar-refractivity contribution in [3.05, 3.63) is 28.8 Å². The minimum Gasteiger partial charge on any atom is -0.496 e. The smallest absolute Gasteiger partial charge is 0.122 e. The van der Waals surface area contributed by atoms with Gasteiger partial charge in [0.25, 0.3) is 0 Å². The summed E-state index contributed by atoms with van der Waals surface area (Å²) in [7, 11) is 1.65. The molecule has 0 spiro atoms. The Labute approximate surface area is 108 Å². The van der Waals surface area contributed by atoms with E-state index in [1.807, 2.05) is 18.2 Å². The molecule has 17 heavy (non-hydrogen) atoms. The molecule has 1 aromatic rings. The minimum absolute atomic E-state index is 0.573. The zero-order chi connectivity index (χ0) is 12.3. The highest BCUT2D eigenvalue weighted by atomic mass is 35.5. The maximum atomic E-state index is 10.5. The van der Waals surface area contributed by atoms with Crippen LogP contribution in [0.15, 0.2) is 18.2 Å². The molecule has 94 valence electrons. The van der Waals surface area contributed by atoms with Crippen LogP contribution in [0.5, 0.6) is 5.75 Å². The molecule has 1 aromatic carbocycles. The van der Waals surface area contributed by atoms with Crippen molar-refractivity contribution < 1.29 is 9.84 Å². The summed E-state index contributed by atoms with van der Waals surface area (Å²) in [5, 5.41) is 11.2. The number of benzene rings is 1. The first kappa shape index (κ1) is 12.7. The Balaban J connectivity index is 2.19. The van der Waals surface area contributed by atoms with Crippen LogP contribution < -0.4 is 4.74 Å². The molecule has 0 aromatic heterocycles. The van der Waals surface area contributed by atoms with Gasteiger partial charge < -0.3 is 9.84 Å². The highest BCUT2D eigenvalue weighted by molar-refractivity contribution is 6.30. The Morgan fingerprint density at radius 2 is 2.00 bits per heavy atom. The van der Waals surface area contributed by atoms with Gasteiger partial charge in [-0.15, -0.1) is 0 Å². The van der Waals surface area contributed by atoms with Crippen molar-refractivity contribution in [1.29, 1.82) is 0 Å². The Kier molecular flexibility index (Phi) is 3.95. The van der Waals surface area contributed by atoms with Gasteiger partial charge in [-0.2, -0.15) is 0 Å². The predicted molar refractivity (Wildman–Crippen MR) is 69.7 cm³/mol. The third-order valence-electron chi connectivity index (χ3n) is 3.55. The number of aliphatic hydroxyl groups is 1. The van der Waals surface area contributed by atoms with Crippen LogP contribution in [0, 0.1) is 0 Å². The average Bonchev–Trinajstić information content (AvgIpc) is 2.29. The van der Waals surface area contributed by atoms with Crippen molar-refractivity contribution in [1.82, 2.24) is 0 Å². The normalized spacial score (nSPS) is 19.0. The first-order valence-electron chi connectivity index (χ1n) is 6.18. The molecule has 1 fully saturated rings. The van der Waals surface area contributed by atoms with Crippen molar-refractivity contribution in [3.8, 4) is 5.75 Å². The molecule has 0 saturated heterocycles. The molecule has 0 heterocycles. The predicted octanol–water partition coefficient (Wildman–Crippen LogP) is 3.59. The molecule has 0 amide bonds. The lowest BCUT2D eigenvalue weighted by atomic mass is 9.80. The van der Waals surface area contributed by atoms with Crippen LogP contribution >= 0.6 is 11.6 Å². The van der Waals surface area contributed by atoms with Gasteiger partial charge in [-0.25, -0.2) is 0 Å². The quantitative estimate of drug-likeness (QED) is 0.893. The lowest BCUT2D eigenvalue weighted by Crippen LogP contribution is -2.33. The standard InChI is InChI=1S/C14H19ClO2/c1-17-13-6-5-12(15)9-11(13)10-14(16)7-3-2-4-8-14/h5-6,9,16H,2-4,7-8,10H2,1H3. The zero-order valence-corrected chi connectivity index (χ0v) is 11.0. The van der Waals surface area contributed by atoms with Crippen LogP contribution in [0.2, 0.25) is 5.02 Å². The third-order valence-corrected chi connectivity index (χ3v) is 3.78.